The van der Waals surface area contributed by atoms with E-state index in [0.29, 0.717) is 0 Å². The fraction of sp³-hybridized carbons (Fsp3) is 0.455. The van der Waals surface area contributed by atoms with Crippen LogP contribution in [0.25, 0.3) is 0 Å². The molecule has 0 aliphatic heterocycles. The molecule has 3 fully saturated rings. The molecule has 0 amide bonds. The molecular formula is C11H10BF4K. The summed E-state index contributed by atoms with van der Waals surface area (Å²) in [7, 11) is 0. The molecule has 4 rings (SSSR count). The van der Waals surface area contributed by atoms with Crippen molar-refractivity contribution in [2.24, 2.45) is 0 Å². The molecule has 0 nitrogen and oxygen atoms in total. The monoisotopic (exact) mass is 268 g/mol. The molecule has 2 bridgehead atoms. The number of hydrogen-bond acceptors (Lipinski definition) is 0. The van der Waals surface area contributed by atoms with E-state index in [-0.39, 0.29) is 81.9 Å². The van der Waals surface area contributed by atoms with Crippen molar-refractivity contribution in [2.75, 3.05) is 0 Å². The Balaban J connectivity index is 0.00000108. The minimum atomic E-state index is -4.71. The van der Waals surface area contributed by atoms with Gasteiger partial charge in [0.25, 0.3) is 0 Å². The van der Waals surface area contributed by atoms with Crippen LogP contribution < -0.4 is 51.4 Å². The molecule has 86 valence electrons. The predicted octanol–water partition coefficient (Wildman–Crippen LogP) is 0.853. The molecule has 1 aromatic rings. The fourth-order valence-electron chi connectivity index (χ4n) is 3.32. The van der Waals surface area contributed by atoms with Crippen LogP contribution in [0.3, 0.4) is 0 Å². The molecule has 0 heterocycles. The quantitative estimate of drug-likeness (QED) is 0.551. The molecule has 0 atom stereocenters. The Morgan fingerprint density at radius 2 is 1.41 bits per heavy atom. The van der Waals surface area contributed by atoms with Crippen molar-refractivity contribution in [3.8, 4) is 0 Å². The summed E-state index contributed by atoms with van der Waals surface area (Å²) in [5.41, 5.74) is 0.557. The van der Waals surface area contributed by atoms with Crippen LogP contribution in [0, 0.1) is 5.82 Å². The van der Waals surface area contributed by atoms with Crippen molar-refractivity contribution in [3.05, 3.63) is 35.6 Å². The summed E-state index contributed by atoms with van der Waals surface area (Å²) in [5, 5.41) is -1.37. The maximum absolute atomic E-state index is 12.7. The van der Waals surface area contributed by atoms with Gasteiger partial charge >= 0.3 is 58.4 Å². The van der Waals surface area contributed by atoms with Crippen molar-refractivity contribution in [1.29, 1.82) is 0 Å². The van der Waals surface area contributed by atoms with Gasteiger partial charge in [0.2, 0.25) is 0 Å². The van der Waals surface area contributed by atoms with E-state index < -0.39 is 12.3 Å². The van der Waals surface area contributed by atoms with E-state index in [4.69, 9.17) is 0 Å². The van der Waals surface area contributed by atoms with E-state index in [2.05, 4.69) is 0 Å². The zero-order valence-electron chi connectivity index (χ0n) is 9.52. The number of benzene rings is 1. The normalized spacial score (nSPS) is 34.4. The molecule has 0 N–H and O–H groups in total. The Morgan fingerprint density at radius 3 is 1.82 bits per heavy atom. The molecular weight excluding hydrogens is 258 g/mol. The van der Waals surface area contributed by atoms with E-state index in [9.17, 15) is 17.3 Å². The molecule has 0 unspecified atom stereocenters. The molecule has 17 heavy (non-hydrogen) atoms. The first-order chi connectivity index (χ1) is 7.37. The smallest absolute Gasteiger partial charge is 0.449 e. The summed E-state index contributed by atoms with van der Waals surface area (Å²) in [6.45, 7) is -4.71. The third-order valence-electron chi connectivity index (χ3n) is 4.22. The van der Waals surface area contributed by atoms with Crippen molar-refractivity contribution in [3.63, 3.8) is 0 Å². The van der Waals surface area contributed by atoms with Gasteiger partial charge in [-0.3, -0.25) is 0 Å². The van der Waals surface area contributed by atoms with Gasteiger partial charge in [-0.2, -0.15) is 0 Å². The molecule has 0 saturated heterocycles. The van der Waals surface area contributed by atoms with Gasteiger partial charge in [-0.05, 0) is 23.1 Å². The third-order valence-corrected chi connectivity index (χ3v) is 4.22. The van der Waals surface area contributed by atoms with Crippen LogP contribution in [0.15, 0.2) is 24.3 Å². The van der Waals surface area contributed by atoms with Crippen LogP contribution in [0.5, 0.6) is 0 Å². The van der Waals surface area contributed by atoms with Gasteiger partial charge in [0.15, 0.2) is 0 Å². The zero-order valence-corrected chi connectivity index (χ0v) is 12.6. The van der Waals surface area contributed by atoms with Gasteiger partial charge in [-0.1, -0.05) is 36.7 Å². The van der Waals surface area contributed by atoms with Gasteiger partial charge in [-0.15, -0.1) is 0 Å². The summed E-state index contributed by atoms with van der Waals surface area (Å²) in [4.78, 5) is 0. The van der Waals surface area contributed by atoms with E-state index in [1.807, 2.05) is 0 Å². The van der Waals surface area contributed by atoms with Crippen LogP contribution in [0.1, 0.15) is 24.8 Å². The number of hydrogen-bond donors (Lipinski definition) is 0. The number of rotatable bonds is 2. The second-order valence-corrected chi connectivity index (χ2v) is 5.25. The molecule has 0 radical (unpaired) electrons. The van der Waals surface area contributed by atoms with Gasteiger partial charge < -0.3 is 12.9 Å². The van der Waals surface area contributed by atoms with Gasteiger partial charge in [0.1, 0.15) is 5.82 Å². The van der Waals surface area contributed by atoms with E-state index >= 15 is 0 Å². The predicted molar refractivity (Wildman–Crippen MR) is 53.7 cm³/mol. The zero-order chi connectivity index (χ0) is 11.6. The second-order valence-electron chi connectivity index (χ2n) is 5.25. The van der Waals surface area contributed by atoms with Crippen LogP contribution in [0.4, 0.5) is 17.3 Å². The maximum atomic E-state index is 12.7. The molecule has 3 aliphatic rings. The Morgan fingerprint density at radius 1 is 0.941 bits per heavy atom. The summed E-state index contributed by atoms with van der Waals surface area (Å²) in [6, 6.07) is 5.87. The Labute approximate surface area is 140 Å². The van der Waals surface area contributed by atoms with E-state index in [0.717, 1.165) is 5.56 Å². The summed E-state index contributed by atoms with van der Waals surface area (Å²) < 4.78 is 50.7. The first-order valence-electron chi connectivity index (χ1n) is 5.32. The van der Waals surface area contributed by atoms with Gasteiger partial charge in [0.05, 0.1) is 0 Å². The molecule has 0 aromatic heterocycles. The Kier molecular flexibility index (Phi) is 3.36. The summed E-state index contributed by atoms with van der Waals surface area (Å²) >= 11 is 0. The van der Waals surface area contributed by atoms with E-state index in [1.165, 1.54) is 12.1 Å². The average Bonchev–Trinajstić information content (AvgIpc) is 2.00. The summed E-state index contributed by atoms with van der Waals surface area (Å²) in [6.07, 6.45) is 0.611. The standard InChI is InChI=1S/C11H10BF4.K/c13-9-3-1-8(2-4-9)10-5-11(6-10,7-10)12(14,15)16;/h1-4H,5-7H2;/q-1;+1. The largest absolute Gasteiger partial charge is 1.00 e. The van der Waals surface area contributed by atoms with Gasteiger partial charge in [0, 0.05) is 0 Å². The SMILES string of the molecule is Fc1ccc(C23CC([B-](F)(F)F)(C2)C3)cc1.[K+]. The van der Waals surface area contributed by atoms with Crippen molar-refractivity contribution in [1.82, 2.24) is 0 Å². The minimum absolute atomic E-state index is 0. The Bertz CT molecular complexity index is 420. The number of halogens is 4. The Hall–Kier alpha value is 0.641. The molecule has 0 spiro atoms. The van der Waals surface area contributed by atoms with Crippen LogP contribution >= 0.6 is 0 Å². The fourth-order valence-corrected chi connectivity index (χ4v) is 3.32. The van der Waals surface area contributed by atoms with Crippen LogP contribution in [-0.2, 0) is 5.41 Å². The van der Waals surface area contributed by atoms with Crippen molar-refractivity contribution in [2.45, 2.75) is 30.0 Å². The molecule has 3 aliphatic carbocycles. The minimum Gasteiger partial charge on any atom is -0.449 e. The van der Waals surface area contributed by atoms with E-state index in [1.54, 1.807) is 12.1 Å². The second kappa shape index (κ2) is 4.07. The first kappa shape index (κ1) is 14.1. The van der Waals surface area contributed by atoms with Crippen molar-refractivity contribution >= 4 is 6.98 Å². The third kappa shape index (κ3) is 1.87. The maximum Gasteiger partial charge on any atom is 1.00 e. The van der Waals surface area contributed by atoms with Crippen LogP contribution in [-0.4, -0.2) is 6.98 Å². The molecule has 3 saturated carbocycles. The average molecular weight is 268 g/mol. The molecule has 1 aromatic carbocycles. The molecule has 6 heteroatoms. The van der Waals surface area contributed by atoms with Crippen LogP contribution in [0.2, 0.25) is 5.31 Å². The van der Waals surface area contributed by atoms with Gasteiger partial charge in [-0.25, -0.2) is 4.39 Å². The first-order valence-corrected chi connectivity index (χ1v) is 5.32. The van der Waals surface area contributed by atoms with Crippen molar-refractivity contribution < 1.29 is 68.7 Å². The topological polar surface area (TPSA) is 0 Å². The summed E-state index contributed by atoms with van der Waals surface area (Å²) in [5.74, 6) is -0.342.